The first-order valence-electron chi connectivity index (χ1n) is 11.9. The summed E-state index contributed by atoms with van der Waals surface area (Å²) < 4.78 is 11.7. The summed E-state index contributed by atoms with van der Waals surface area (Å²) in [5.74, 6) is 0.0920. The maximum Gasteiger partial charge on any atom is 0.243 e. The molecule has 0 unspecified atom stereocenters. The Kier molecular flexibility index (Phi) is 8.00. The van der Waals surface area contributed by atoms with Gasteiger partial charge in [0.25, 0.3) is 0 Å². The van der Waals surface area contributed by atoms with Crippen LogP contribution in [0.1, 0.15) is 30.0 Å². The summed E-state index contributed by atoms with van der Waals surface area (Å²) in [5, 5.41) is 0.352. The highest BCUT2D eigenvalue weighted by Crippen LogP contribution is 2.39. The van der Waals surface area contributed by atoms with Crippen LogP contribution in [-0.4, -0.2) is 25.0 Å². The van der Waals surface area contributed by atoms with Crippen molar-refractivity contribution in [2.24, 2.45) is 5.92 Å². The summed E-state index contributed by atoms with van der Waals surface area (Å²) in [5.41, 5.74) is 10.2. The second-order valence-electron chi connectivity index (χ2n) is 8.78. The summed E-state index contributed by atoms with van der Waals surface area (Å²) in [4.78, 5) is 27.1. The quantitative estimate of drug-likeness (QED) is 0.377. The van der Waals surface area contributed by atoms with Crippen molar-refractivity contribution in [1.29, 1.82) is 0 Å². The van der Waals surface area contributed by atoms with Crippen LogP contribution >= 0.6 is 11.6 Å². The summed E-state index contributed by atoms with van der Waals surface area (Å²) in [6.07, 6.45) is 0.150. The first-order valence-corrected chi connectivity index (χ1v) is 12.3. The van der Waals surface area contributed by atoms with E-state index in [1.165, 1.54) is 0 Å². The Balaban J connectivity index is 1.40. The molecule has 1 atom stereocenters. The third kappa shape index (κ3) is 5.91. The third-order valence-corrected chi connectivity index (χ3v) is 6.44. The number of carbonyl (C=O) groups is 2. The summed E-state index contributed by atoms with van der Waals surface area (Å²) in [7, 11) is 0. The number of amides is 2. The number of hydrogen-bond acceptors (Lipinski definition) is 5. The summed E-state index contributed by atoms with van der Waals surface area (Å²) >= 11 is 6.50. The molecule has 0 radical (unpaired) electrons. The minimum Gasteiger partial charge on any atom is -0.490 e. The first kappa shape index (κ1) is 25.4. The normalized spacial score (nSPS) is 15.1. The Morgan fingerprint density at radius 2 is 1.83 bits per heavy atom. The predicted molar refractivity (Wildman–Crippen MR) is 142 cm³/mol. The first-order chi connectivity index (χ1) is 17.4. The lowest BCUT2D eigenvalue weighted by molar-refractivity contribution is -0.125. The molecule has 3 aromatic carbocycles. The van der Waals surface area contributed by atoms with E-state index in [0.717, 1.165) is 22.4 Å². The maximum absolute atomic E-state index is 12.8. The average molecular weight is 508 g/mol. The van der Waals surface area contributed by atoms with E-state index in [4.69, 9.17) is 21.1 Å². The molecule has 36 heavy (non-hydrogen) atoms. The molecule has 188 valence electrons. The van der Waals surface area contributed by atoms with Gasteiger partial charge in [0.2, 0.25) is 11.8 Å². The lowest BCUT2D eigenvalue weighted by atomic mass is 10.1. The molecule has 8 heteroatoms. The van der Waals surface area contributed by atoms with Crippen LogP contribution in [0.5, 0.6) is 11.5 Å². The predicted octanol–water partition coefficient (Wildman–Crippen LogP) is 5.43. The van der Waals surface area contributed by atoms with E-state index < -0.39 is 5.92 Å². The number of hydrazine groups is 1. The minimum atomic E-state index is -0.470. The van der Waals surface area contributed by atoms with Gasteiger partial charge in [-0.05, 0) is 55.7 Å². The Bertz CT molecular complexity index is 1250. The van der Waals surface area contributed by atoms with Gasteiger partial charge in [-0.1, -0.05) is 48.0 Å². The van der Waals surface area contributed by atoms with Crippen LogP contribution in [0.3, 0.4) is 0 Å². The molecule has 0 spiro atoms. The molecule has 4 rings (SSSR count). The molecule has 3 aromatic rings. The van der Waals surface area contributed by atoms with Gasteiger partial charge in [0.05, 0.1) is 23.2 Å². The molecule has 1 fully saturated rings. The van der Waals surface area contributed by atoms with Crippen molar-refractivity contribution >= 4 is 34.8 Å². The largest absolute Gasteiger partial charge is 0.490 e. The van der Waals surface area contributed by atoms with Gasteiger partial charge in [0, 0.05) is 24.7 Å². The average Bonchev–Trinajstić information content (AvgIpc) is 3.26. The maximum atomic E-state index is 12.8. The SMILES string of the molecule is CCOc1cc(NNC(=O)[C@H]2CC(=O)N(c3ccc(C)c(C)c3)C2)cc(Cl)c1OCc1ccccc1. The van der Waals surface area contributed by atoms with Crippen molar-refractivity contribution in [3.8, 4) is 11.5 Å². The number of rotatable bonds is 9. The van der Waals surface area contributed by atoms with Crippen LogP contribution < -0.4 is 25.2 Å². The van der Waals surface area contributed by atoms with Gasteiger partial charge in [0.15, 0.2) is 11.5 Å². The van der Waals surface area contributed by atoms with E-state index in [1.54, 1.807) is 17.0 Å². The van der Waals surface area contributed by atoms with Crippen LogP contribution in [0.2, 0.25) is 5.02 Å². The number of nitrogens with one attached hydrogen (secondary N) is 2. The van der Waals surface area contributed by atoms with E-state index in [9.17, 15) is 9.59 Å². The molecule has 0 aliphatic carbocycles. The topological polar surface area (TPSA) is 79.9 Å². The number of hydrogen-bond donors (Lipinski definition) is 2. The smallest absolute Gasteiger partial charge is 0.243 e. The minimum absolute atomic E-state index is 0.0694. The summed E-state index contributed by atoms with van der Waals surface area (Å²) in [6.45, 7) is 7.00. The van der Waals surface area contributed by atoms with Crippen LogP contribution in [0.15, 0.2) is 60.7 Å². The van der Waals surface area contributed by atoms with Crippen molar-refractivity contribution < 1.29 is 19.1 Å². The zero-order valence-electron chi connectivity index (χ0n) is 20.6. The van der Waals surface area contributed by atoms with Gasteiger partial charge in [-0.2, -0.15) is 0 Å². The highest BCUT2D eigenvalue weighted by atomic mass is 35.5. The van der Waals surface area contributed by atoms with E-state index >= 15 is 0 Å². The molecule has 1 heterocycles. The van der Waals surface area contributed by atoms with E-state index in [-0.39, 0.29) is 18.2 Å². The van der Waals surface area contributed by atoms with Crippen LogP contribution in [-0.2, 0) is 16.2 Å². The van der Waals surface area contributed by atoms with E-state index in [0.29, 0.717) is 42.0 Å². The van der Waals surface area contributed by atoms with Crippen molar-refractivity contribution in [2.45, 2.75) is 33.8 Å². The van der Waals surface area contributed by atoms with Crippen molar-refractivity contribution in [3.05, 3.63) is 82.4 Å². The highest BCUT2D eigenvalue weighted by molar-refractivity contribution is 6.32. The monoisotopic (exact) mass is 507 g/mol. The Morgan fingerprint density at radius 1 is 1.06 bits per heavy atom. The van der Waals surface area contributed by atoms with Crippen LogP contribution in [0.25, 0.3) is 0 Å². The van der Waals surface area contributed by atoms with Crippen LogP contribution in [0.4, 0.5) is 11.4 Å². The molecule has 2 amide bonds. The van der Waals surface area contributed by atoms with Gasteiger partial charge in [-0.15, -0.1) is 0 Å². The summed E-state index contributed by atoms with van der Waals surface area (Å²) in [6, 6.07) is 19.0. The van der Waals surface area contributed by atoms with Crippen molar-refractivity contribution in [3.63, 3.8) is 0 Å². The fourth-order valence-electron chi connectivity index (χ4n) is 4.03. The zero-order chi connectivity index (χ0) is 25.7. The number of anilines is 2. The van der Waals surface area contributed by atoms with E-state index in [1.807, 2.05) is 69.3 Å². The molecule has 2 N–H and O–H groups in total. The van der Waals surface area contributed by atoms with Gasteiger partial charge < -0.3 is 14.4 Å². The second-order valence-corrected chi connectivity index (χ2v) is 9.19. The van der Waals surface area contributed by atoms with Crippen molar-refractivity contribution in [1.82, 2.24) is 5.43 Å². The molecule has 0 saturated carbocycles. The number of nitrogens with zero attached hydrogens (tertiary/aromatic N) is 1. The number of benzene rings is 3. The van der Waals surface area contributed by atoms with Gasteiger partial charge in [-0.25, -0.2) is 0 Å². The zero-order valence-corrected chi connectivity index (χ0v) is 21.4. The number of ether oxygens (including phenoxy) is 2. The van der Waals surface area contributed by atoms with Crippen molar-refractivity contribution in [2.75, 3.05) is 23.5 Å². The van der Waals surface area contributed by atoms with Gasteiger partial charge >= 0.3 is 0 Å². The molecule has 0 bridgehead atoms. The Morgan fingerprint density at radius 3 is 2.56 bits per heavy atom. The Labute approximate surface area is 216 Å². The molecule has 0 aromatic heterocycles. The standard InChI is InChI=1S/C28H30ClN3O4/c1-4-35-25-15-22(14-24(29)27(25)36-17-20-8-6-5-7-9-20)30-31-28(34)21-13-26(33)32(16-21)23-11-10-18(2)19(3)12-23/h5-12,14-15,21,30H,4,13,16-17H2,1-3H3,(H,31,34)/t21-/m0/s1. The molecular formula is C28H30ClN3O4. The molecule has 1 aliphatic heterocycles. The fourth-order valence-corrected chi connectivity index (χ4v) is 4.30. The Hall–Kier alpha value is -3.71. The molecule has 1 saturated heterocycles. The van der Waals surface area contributed by atoms with Gasteiger partial charge in [0.1, 0.15) is 6.61 Å². The third-order valence-electron chi connectivity index (χ3n) is 6.16. The highest BCUT2D eigenvalue weighted by Gasteiger charge is 2.35. The van der Waals surface area contributed by atoms with Crippen LogP contribution in [0, 0.1) is 19.8 Å². The van der Waals surface area contributed by atoms with Gasteiger partial charge in [-0.3, -0.25) is 20.4 Å². The molecule has 1 aliphatic rings. The molecular weight excluding hydrogens is 478 g/mol. The fraction of sp³-hybridized carbons (Fsp3) is 0.286. The number of aryl methyl sites for hydroxylation is 2. The van der Waals surface area contributed by atoms with E-state index in [2.05, 4.69) is 10.9 Å². The number of halogens is 1. The molecule has 7 nitrogen and oxygen atoms in total. The second kappa shape index (κ2) is 11.4. The number of carbonyl (C=O) groups excluding carboxylic acids is 2. The lowest BCUT2D eigenvalue weighted by Crippen LogP contribution is -2.36. The lowest BCUT2D eigenvalue weighted by Gasteiger charge is -2.19.